The first-order chi connectivity index (χ1) is 11.1. The number of carbonyl (C=O) groups is 1. The lowest BCUT2D eigenvalue weighted by atomic mass is 10.1. The molecule has 0 fully saturated rings. The Hall–Kier alpha value is -1.69. The standard InChI is InChI=1S/C17H16ClN3OS/c1-10-7-11(3-4-12(10)18)16-14(9-22)21-13-5-6-20(2)8-15(13)23-17(21)19-16/h3-4,7,9H,5-6,8H2,1-2H3. The predicted octanol–water partition coefficient (Wildman–Crippen LogP) is 3.83. The van der Waals surface area contributed by atoms with Crippen molar-refractivity contribution in [1.29, 1.82) is 0 Å². The second kappa shape index (κ2) is 5.44. The van der Waals surface area contributed by atoms with Gasteiger partial charge >= 0.3 is 0 Å². The van der Waals surface area contributed by atoms with Crippen LogP contribution >= 0.6 is 22.9 Å². The molecule has 1 aliphatic rings. The van der Waals surface area contributed by atoms with Crippen molar-refractivity contribution in [2.24, 2.45) is 0 Å². The van der Waals surface area contributed by atoms with Crippen LogP contribution in [0.4, 0.5) is 0 Å². The van der Waals surface area contributed by atoms with Gasteiger partial charge in [-0.2, -0.15) is 0 Å². The number of thiazole rings is 1. The van der Waals surface area contributed by atoms with Crippen LogP contribution in [0, 0.1) is 6.92 Å². The summed E-state index contributed by atoms with van der Waals surface area (Å²) >= 11 is 7.79. The summed E-state index contributed by atoms with van der Waals surface area (Å²) in [5.41, 5.74) is 4.54. The fourth-order valence-corrected chi connectivity index (χ4v) is 4.51. The van der Waals surface area contributed by atoms with Gasteiger partial charge in [0.2, 0.25) is 0 Å². The number of rotatable bonds is 2. The Morgan fingerprint density at radius 2 is 2.22 bits per heavy atom. The molecule has 0 unspecified atom stereocenters. The van der Waals surface area contributed by atoms with E-state index in [-0.39, 0.29) is 0 Å². The van der Waals surface area contributed by atoms with Crippen LogP contribution in [0.3, 0.4) is 0 Å². The van der Waals surface area contributed by atoms with Crippen molar-refractivity contribution < 1.29 is 4.79 Å². The summed E-state index contributed by atoms with van der Waals surface area (Å²) in [6, 6.07) is 5.77. The monoisotopic (exact) mass is 345 g/mol. The summed E-state index contributed by atoms with van der Waals surface area (Å²) in [6.07, 6.45) is 1.87. The van der Waals surface area contributed by atoms with E-state index in [0.717, 1.165) is 52.6 Å². The molecule has 0 spiro atoms. The minimum atomic E-state index is 0.642. The van der Waals surface area contributed by atoms with E-state index in [1.165, 1.54) is 10.6 Å². The largest absolute Gasteiger partial charge is 0.301 e. The first-order valence-corrected chi connectivity index (χ1v) is 8.71. The number of aromatic nitrogens is 2. The van der Waals surface area contributed by atoms with Gasteiger partial charge in [0.1, 0.15) is 11.4 Å². The van der Waals surface area contributed by atoms with Crippen LogP contribution in [0.1, 0.15) is 26.6 Å². The quantitative estimate of drug-likeness (QED) is 0.662. The van der Waals surface area contributed by atoms with E-state index >= 15 is 0 Å². The number of hydrogen-bond donors (Lipinski definition) is 0. The van der Waals surface area contributed by atoms with Crippen LogP contribution in [0.5, 0.6) is 0 Å². The van der Waals surface area contributed by atoms with E-state index in [4.69, 9.17) is 16.6 Å². The molecule has 1 aliphatic heterocycles. The normalized spacial score (nSPS) is 15.1. The first kappa shape index (κ1) is 14.9. The Kier molecular flexibility index (Phi) is 3.52. The van der Waals surface area contributed by atoms with Gasteiger partial charge in [-0.3, -0.25) is 9.20 Å². The zero-order chi connectivity index (χ0) is 16.1. The van der Waals surface area contributed by atoms with E-state index in [2.05, 4.69) is 11.9 Å². The number of aldehydes is 1. The highest BCUT2D eigenvalue weighted by Gasteiger charge is 2.24. The second-order valence-corrected chi connectivity index (χ2v) is 7.47. The molecular formula is C17H16ClN3OS. The Labute approximate surface area is 143 Å². The third-order valence-electron chi connectivity index (χ3n) is 4.38. The zero-order valence-corrected chi connectivity index (χ0v) is 14.5. The predicted molar refractivity (Wildman–Crippen MR) is 93.7 cm³/mol. The van der Waals surface area contributed by atoms with Crippen LogP contribution in [-0.4, -0.2) is 34.2 Å². The van der Waals surface area contributed by atoms with Gasteiger partial charge in [0.25, 0.3) is 0 Å². The summed E-state index contributed by atoms with van der Waals surface area (Å²) in [5.74, 6) is 0. The van der Waals surface area contributed by atoms with Crippen molar-refractivity contribution in [3.8, 4) is 11.3 Å². The zero-order valence-electron chi connectivity index (χ0n) is 13.0. The maximum atomic E-state index is 11.8. The van der Waals surface area contributed by atoms with E-state index in [1.807, 2.05) is 29.5 Å². The molecular weight excluding hydrogens is 330 g/mol. The minimum Gasteiger partial charge on any atom is -0.301 e. The molecule has 6 heteroatoms. The van der Waals surface area contributed by atoms with Crippen LogP contribution in [0.15, 0.2) is 18.2 Å². The van der Waals surface area contributed by atoms with Gasteiger partial charge in [-0.15, -0.1) is 0 Å². The van der Waals surface area contributed by atoms with Gasteiger partial charge in [-0.05, 0) is 31.7 Å². The fraction of sp³-hybridized carbons (Fsp3) is 0.294. The van der Waals surface area contributed by atoms with Crippen LogP contribution in [0.25, 0.3) is 16.2 Å². The minimum absolute atomic E-state index is 0.642. The van der Waals surface area contributed by atoms with Crippen molar-refractivity contribution >= 4 is 34.2 Å². The van der Waals surface area contributed by atoms with Crippen molar-refractivity contribution in [2.75, 3.05) is 13.6 Å². The Morgan fingerprint density at radius 1 is 1.39 bits per heavy atom. The molecule has 4 rings (SSSR count). The van der Waals surface area contributed by atoms with Crippen LogP contribution < -0.4 is 0 Å². The van der Waals surface area contributed by atoms with Crippen molar-refractivity contribution in [1.82, 2.24) is 14.3 Å². The molecule has 1 aromatic carbocycles. The van der Waals surface area contributed by atoms with Crippen LogP contribution in [-0.2, 0) is 13.0 Å². The molecule has 118 valence electrons. The van der Waals surface area contributed by atoms with E-state index in [9.17, 15) is 4.79 Å². The average Bonchev–Trinajstić information content (AvgIpc) is 3.04. The lowest BCUT2D eigenvalue weighted by Crippen LogP contribution is -2.26. The van der Waals surface area contributed by atoms with E-state index in [0.29, 0.717) is 5.69 Å². The highest BCUT2D eigenvalue weighted by Crippen LogP contribution is 2.34. The van der Waals surface area contributed by atoms with Gasteiger partial charge in [0, 0.05) is 40.7 Å². The van der Waals surface area contributed by atoms with Crippen LogP contribution in [0.2, 0.25) is 5.02 Å². The smallest absolute Gasteiger partial charge is 0.195 e. The molecule has 2 aromatic heterocycles. The van der Waals surface area contributed by atoms with Gasteiger partial charge < -0.3 is 4.90 Å². The fourth-order valence-electron chi connectivity index (χ4n) is 3.14. The summed E-state index contributed by atoms with van der Waals surface area (Å²) in [6.45, 7) is 3.89. The maximum Gasteiger partial charge on any atom is 0.195 e. The van der Waals surface area contributed by atoms with Crippen molar-refractivity contribution in [3.63, 3.8) is 0 Å². The number of nitrogens with zero attached hydrogens (tertiary/aromatic N) is 3. The lowest BCUT2D eigenvalue weighted by Gasteiger charge is -2.21. The molecule has 0 saturated carbocycles. The Morgan fingerprint density at radius 3 is 2.96 bits per heavy atom. The third kappa shape index (κ3) is 2.31. The number of benzene rings is 1. The van der Waals surface area contributed by atoms with Gasteiger partial charge in [-0.1, -0.05) is 29.0 Å². The highest BCUT2D eigenvalue weighted by atomic mass is 35.5. The van der Waals surface area contributed by atoms with Crippen molar-refractivity contribution in [2.45, 2.75) is 19.9 Å². The summed E-state index contributed by atoms with van der Waals surface area (Å²) in [4.78, 5) is 21.0. The summed E-state index contributed by atoms with van der Waals surface area (Å²) in [7, 11) is 2.12. The van der Waals surface area contributed by atoms with Crippen molar-refractivity contribution in [3.05, 3.63) is 45.1 Å². The molecule has 3 heterocycles. The maximum absolute atomic E-state index is 11.8. The van der Waals surface area contributed by atoms with E-state index in [1.54, 1.807) is 11.3 Å². The second-order valence-electron chi connectivity index (χ2n) is 6.01. The SMILES string of the molecule is Cc1cc(-c2nc3sc4c(n3c2C=O)CCN(C)C4)ccc1Cl. The Bertz CT molecular complexity index is 928. The first-order valence-electron chi connectivity index (χ1n) is 7.51. The molecule has 0 atom stereocenters. The number of hydrogen-bond acceptors (Lipinski definition) is 4. The summed E-state index contributed by atoms with van der Waals surface area (Å²) in [5, 5.41) is 0.725. The third-order valence-corrected chi connectivity index (χ3v) is 5.87. The molecule has 0 amide bonds. The molecule has 3 aromatic rings. The number of imidazole rings is 1. The Balaban J connectivity index is 1.93. The van der Waals surface area contributed by atoms with Gasteiger partial charge in [0.05, 0.1) is 0 Å². The molecule has 0 radical (unpaired) electrons. The van der Waals surface area contributed by atoms with Gasteiger partial charge in [-0.25, -0.2) is 4.98 Å². The number of aryl methyl sites for hydroxylation is 1. The number of likely N-dealkylation sites (N-methyl/N-ethyl adjacent to an activating group) is 1. The molecule has 4 nitrogen and oxygen atoms in total. The molecule has 0 bridgehead atoms. The average molecular weight is 346 g/mol. The van der Waals surface area contributed by atoms with E-state index < -0.39 is 0 Å². The molecule has 0 N–H and O–H groups in total. The lowest BCUT2D eigenvalue weighted by molar-refractivity contribution is 0.111. The molecule has 23 heavy (non-hydrogen) atoms. The highest BCUT2D eigenvalue weighted by molar-refractivity contribution is 7.17. The number of carbonyl (C=O) groups excluding carboxylic acids is 1. The molecule has 0 saturated heterocycles. The topological polar surface area (TPSA) is 37.6 Å². The summed E-state index contributed by atoms with van der Waals surface area (Å²) < 4.78 is 2.04. The van der Waals surface area contributed by atoms with Gasteiger partial charge in [0.15, 0.2) is 11.2 Å². The number of fused-ring (bicyclic) bond motifs is 3. The number of halogens is 1. The molecule has 0 aliphatic carbocycles.